The number of nitrogen functional groups attached to an aromatic ring is 1. The van der Waals surface area contributed by atoms with Crippen LogP contribution in [0.4, 0.5) is 11.4 Å². The molecule has 0 amide bonds. The van der Waals surface area contributed by atoms with Gasteiger partial charge in [0.15, 0.2) is 0 Å². The fourth-order valence-electron chi connectivity index (χ4n) is 2.24. The van der Waals surface area contributed by atoms with E-state index in [4.69, 9.17) is 5.73 Å². The molecule has 3 aromatic rings. The van der Waals surface area contributed by atoms with Crippen molar-refractivity contribution >= 4 is 49.5 Å². The summed E-state index contributed by atoms with van der Waals surface area (Å²) in [6.45, 7) is 0.853. The van der Waals surface area contributed by atoms with Gasteiger partial charge >= 0.3 is 0 Å². The van der Waals surface area contributed by atoms with Gasteiger partial charge in [-0.25, -0.2) is 0 Å². The largest absolute Gasteiger partial charge is 0.398 e. The monoisotopic (exact) mass is 347 g/mol. The average molecular weight is 348 g/mol. The maximum Gasteiger partial charge on any atom is 0.0955 e. The molecule has 1 aromatic carbocycles. The van der Waals surface area contributed by atoms with E-state index in [0.29, 0.717) is 0 Å². The van der Waals surface area contributed by atoms with Gasteiger partial charge in [0.25, 0.3) is 0 Å². The van der Waals surface area contributed by atoms with Gasteiger partial charge in [-0.05, 0) is 46.3 Å². The Bertz CT molecular complexity index is 754. The number of benzene rings is 1. The molecular formula is C15H14BrN3S. The lowest BCUT2D eigenvalue weighted by atomic mass is 10.1. The second kappa shape index (κ2) is 5.42. The number of anilines is 2. The van der Waals surface area contributed by atoms with Crippen LogP contribution in [-0.2, 0) is 6.54 Å². The van der Waals surface area contributed by atoms with Crippen molar-refractivity contribution in [2.24, 2.45) is 0 Å². The van der Waals surface area contributed by atoms with Crippen LogP contribution in [0, 0.1) is 0 Å². The first-order chi connectivity index (χ1) is 9.65. The van der Waals surface area contributed by atoms with Crippen LogP contribution in [0.5, 0.6) is 0 Å². The minimum atomic E-state index is 0.768. The zero-order valence-electron chi connectivity index (χ0n) is 11.0. The highest BCUT2D eigenvalue weighted by Crippen LogP contribution is 2.30. The first-order valence-corrected chi connectivity index (χ1v) is 7.89. The van der Waals surface area contributed by atoms with Gasteiger partial charge in [0.1, 0.15) is 0 Å². The Labute approximate surface area is 130 Å². The molecule has 0 aliphatic carbocycles. The molecule has 0 saturated carbocycles. The number of rotatable bonds is 3. The van der Waals surface area contributed by atoms with E-state index in [1.54, 1.807) is 17.5 Å². The third kappa shape index (κ3) is 2.51. The van der Waals surface area contributed by atoms with E-state index in [0.717, 1.165) is 33.3 Å². The Morgan fingerprint density at radius 1 is 1.35 bits per heavy atom. The van der Waals surface area contributed by atoms with Crippen LogP contribution in [0.1, 0.15) is 4.88 Å². The zero-order chi connectivity index (χ0) is 14.1. The highest BCUT2D eigenvalue weighted by atomic mass is 79.9. The molecule has 0 bridgehead atoms. The lowest BCUT2D eigenvalue weighted by molar-refractivity contribution is 0.943. The van der Waals surface area contributed by atoms with Gasteiger partial charge in [-0.2, -0.15) is 0 Å². The summed E-state index contributed by atoms with van der Waals surface area (Å²) in [5, 5.41) is 3.10. The summed E-state index contributed by atoms with van der Waals surface area (Å²) >= 11 is 5.24. The molecule has 0 unspecified atom stereocenters. The van der Waals surface area contributed by atoms with E-state index in [1.807, 2.05) is 24.3 Å². The summed E-state index contributed by atoms with van der Waals surface area (Å²) in [5.41, 5.74) is 8.83. The number of halogens is 1. The molecule has 0 aliphatic rings. The van der Waals surface area contributed by atoms with Crippen molar-refractivity contribution in [1.29, 1.82) is 0 Å². The molecular weight excluding hydrogens is 334 g/mol. The van der Waals surface area contributed by atoms with Crippen LogP contribution >= 0.6 is 27.3 Å². The molecule has 5 heteroatoms. The van der Waals surface area contributed by atoms with E-state index in [-0.39, 0.29) is 0 Å². The minimum absolute atomic E-state index is 0.768. The Balaban J connectivity index is 1.99. The second-order valence-corrected chi connectivity index (χ2v) is 6.57. The fourth-order valence-corrected chi connectivity index (χ4v) is 3.75. The number of fused-ring (bicyclic) bond motifs is 1. The number of nitrogens with two attached hydrogens (primary N) is 1. The van der Waals surface area contributed by atoms with Crippen molar-refractivity contribution in [2.75, 3.05) is 17.7 Å². The van der Waals surface area contributed by atoms with E-state index in [2.05, 4.69) is 44.3 Å². The van der Waals surface area contributed by atoms with Crippen molar-refractivity contribution in [3.8, 4) is 0 Å². The molecule has 3 nitrogen and oxygen atoms in total. The molecule has 2 heterocycles. The lowest BCUT2D eigenvalue weighted by Crippen LogP contribution is -2.16. The number of aromatic nitrogens is 1. The molecule has 0 atom stereocenters. The van der Waals surface area contributed by atoms with Crippen molar-refractivity contribution < 1.29 is 0 Å². The molecule has 2 N–H and O–H groups in total. The van der Waals surface area contributed by atoms with E-state index < -0.39 is 0 Å². The molecule has 20 heavy (non-hydrogen) atoms. The van der Waals surface area contributed by atoms with Gasteiger partial charge in [-0.3, -0.25) is 4.98 Å². The van der Waals surface area contributed by atoms with Crippen molar-refractivity contribution in [3.63, 3.8) is 0 Å². The average Bonchev–Trinajstić information content (AvgIpc) is 2.84. The van der Waals surface area contributed by atoms with Crippen LogP contribution in [0.25, 0.3) is 10.9 Å². The predicted molar refractivity (Wildman–Crippen MR) is 90.3 cm³/mol. The molecule has 0 spiro atoms. The van der Waals surface area contributed by atoms with Crippen LogP contribution in [0.15, 0.2) is 46.4 Å². The Morgan fingerprint density at radius 3 is 2.95 bits per heavy atom. The van der Waals surface area contributed by atoms with Gasteiger partial charge in [0.2, 0.25) is 0 Å². The second-order valence-electron chi connectivity index (χ2n) is 4.66. The molecule has 0 saturated heterocycles. The lowest BCUT2D eigenvalue weighted by Gasteiger charge is -2.20. The highest BCUT2D eigenvalue weighted by Gasteiger charge is 2.10. The van der Waals surface area contributed by atoms with Crippen molar-refractivity contribution in [3.05, 3.63) is 51.3 Å². The van der Waals surface area contributed by atoms with Crippen molar-refractivity contribution in [2.45, 2.75) is 6.54 Å². The van der Waals surface area contributed by atoms with Gasteiger partial charge in [0.05, 0.1) is 17.7 Å². The number of hydrogen-bond acceptors (Lipinski definition) is 4. The summed E-state index contributed by atoms with van der Waals surface area (Å²) in [4.78, 5) is 7.99. The maximum absolute atomic E-state index is 6.02. The third-order valence-corrected chi connectivity index (χ3v) is 4.89. The summed E-state index contributed by atoms with van der Waals surface area (Å²) in [5.74, 6) is 0. The normalized spacial score (nSPS) is 10.9. The van der Waals surface area contributed by atoms with Gasteiger partial charge in [0, 0.05) is 39.0 Å². The molecule has 0 fully saturated rings. The van der Waals surface area contributed by atoms with Crippen LogP contribution in [0.3, 0.4) is 0 Å². The standard InChI is InChI=1S/C15H14BrN3S/c1-19(8-11-7-10(16)9-20-11)14-5-4-13(17)12-3-2-6-18-15(12)14/h2-7,9H,8,17H2,1H3. The maximum atomic E-state index is 6.02. The molecule has 3 rings (SSSR count). The third-order valence-electron chi connectivity index (χ3n) is 3.21. The highest BCUT2D eigenvalue weighted by molar-refractivity contribution is 9.10. The topological polar surface area (TPSA) is 42.1 Å². The predicted octanol–water partition coefficient (Wildman–Crippen LogP) is 4.28. The Hall–Kier alpha value is -1.59. The molecule has 0 aliphatic heterocycles. The van der Waals surface area contributed by atoms with Crippen LogP contribution in [0.2, 0.25) is 0 Å². The SMILES string of the molecule is CN(Cc1cc(Br)cs1)c1ccc(N)c2cccnc12. The minimum Gasteiger partial charge on any atom is -0.398 e. The first kappa shape index (κ1) is 13.4. The Kier molecular flexibility index (Phi) is 3.63. The van der Waals surface area contributed by atoms with E-state index in [1.165, 1.54) is 4.88 Å². The van der Waals surface area contributed by atoms with Gasteiger partial charge in [-0.1, -0.05) is 0 Å². The first-order valence-electron chi connectivity index (χ1n) is 6.22. The molecule has 2 aromatic heterocycles. The molecule has 102 valence electrons. The van der Waals surface area contributed by atoms with Gasteiger partial charge in [-0.15, -0.1) is 11.3 Å². The summed E-state index contributed by atoms with van der Waals surface area (Å²) < 4.78 is 1.13. The summed E-state index contributed by atoms with van der Waals surface area (Å²) in [6.07, 6.45) is 1.81. The van der Waals surface area contributed by atoms with E-state index >= 15 is 0 Å². The number of pyridine rings is 1. The van der Waals surface area contributed by atoms with Crippen LogP contribution in [-0.4, -0.2) is 12.0 Å². The molecule has 0 radical (unpaired) electrons. The number of thiophene rings is 1. The van der Waals surface area contributed by atoms with E-state index in [9.17, 15) is 0 Å². The Morgan fingerprint density at radius 2 is 2.20 bits per heavy atom. The summed E-state index contributed by atoms with van der Waals surface area (Å²) in [6, 6.07) is 10.1. The number of hydrogen-bond donors (Lipinski definition) is 1. The number of nitrogens with zero attached hydrogens (tertiary/aromatic N) is 2. The smallest absolute Gasteiger partial charge is 0.0955 e. The zero-order valence-corrected chi connectivity index (χ0v) is 13.4. The van der Waals surface area contributed by atoms with Gasteiger partial charge < -0.3 is 10.6 Å². The summed E-state index contributed by atoms with van der Waals surface area (Å²) in [7, 11) is 2.08. The quantitative estimate of drug-likeness (QED) is 0.719. The fraction of sp³-hybridized carbons (Fsp3) is 0.133. The van der Waals surface area contributed by atoms with Crippen molar-refractivity contribution in [1.82, 2.24) is 4.98 Å². The van der Waals surface area contributed by atoms with Crippen LogP contribution < -0.4 is 10.6 Å².